The lowest BCUT2D eigenvalue weighted by molar-refractivity contribution is -0.143. The Morgan fingerprint density at radius 1 is 0.326 bits per heavy atom. The van der Waals surface area contributed by atoms with Crippen molar-refractivity contribution in [2.24, 2.45) is 0 Å². The van der Waals surface area contributed by atoms with E-state index in [9.17, 15) is 19.8 Å². The first-order chi connectivity index (χ1) is 42.5. The molecule has 0 saturated heterocycles. The van der Waals surface area contributed by atoms with Gasteiger partial charge in [-0.15, -0.1) is 0 Å². The normalized spacial score (nSPS) is 12.7. The number of aliphatic hydroxyl groups excluding tert-OH is 2. The Hall–Kier alpha value is -1.92. The number of nitrogens with one attached hydrogen (secondary N) is 1. The van der Waals surface area contributed by atoms with E-state index < -0.39 is 12.1 Å². The quantitative estimate of drug-likeness (QED) is 0.0320. The van der Waals surface area contributed by atoms with Gasteiger partial charge in [0.15, 0.2) is 0 Å². The second-order valence-corrected chi connectivity index (χ2v) is 27.0. The van der Waals surface area contributed by atoms with E-state index in [1.165, 1.54) is 353 Å². The zero-order valence-corrected chi connectivity index (χ0v) is 58.3. The predicted octanol–water partition coefficient (Wildman–Crippen LogP) is 25.8. The highest BCUT2D eigenvalue weighted by Crippen LogP contribution is 2.20. The van der Waals surface area contributed by atoms with E-state index in [-0.39, 0.29) is 18.5 Å². The zero-order chi connectivity index (χ0) is 62.0. The van der Waals surface area contributed by atoms with Crippen LogP contribution in [-0.2, 0) is 14.3 Å². The van der Waals surface area contributed by atoms with E-state index in [1.807, 2.05) is 0 Å². The zero-order valence-electron chi connectivity index (χ0n) is 58.3. The van der Waals surface area contributed by atoms with Crippen molar-refractivity contribution in [2.45, 2.75) is 450 Å². The number of allylic oxidation sites excluding steroid dienone is 6. The lowest BCUT2D eigenvalue weighted by Gasteiger charge is -2.22. The highest BCUT2D eigenvalue weighted by atomic mass is 16.5. The van der Waals surface area contributed by atoms with Gasteiger partial charge in [0.2, 0.25) is 5.91 Å². The average Bonchev–Trinajstić information content (AvgIpc) is 3.54. The Morgan fingerprint density at radius 3 is 0.907 bits per heavy atom. The molecular formula is C80H153NO5. The summed E-state index contributed by atoms with van der Waals surface area (Å²) in [6, 6.07) is -0.540. The fourth-order valence-corrected chi connectivity index (χ4v) is 12.4. The van der Waals surface area contributed by atoms with Gasteiger partial charge in [-0.2, -0.15) is 0 Å². The Bertz CT molecular complexity index is 1390. The number of hydrogen-bond donors (Lipinski definition) is 3. The van der Waals surface area contributed by atoms with E-state index in [1.54, 1.807) is 0 Å². The van der Waals surface area contributed by atoms with Crippen LogP contribution in [-0.4, -0.2) is 47.4 Å². The van der Waals surface area contributed by atoms with Crippen LogP contribution in [0.15, 0.2) is 36.5 Å². The van der Waals surface area contributed by atoms with Gasteiger partial charge in [0.1, 0.15) is 0 Å². The minimum absolute atomic E-state index is 0.0116. The molecule has 0 aliphatic rings. The van der Waals surface area contributed by atoms with E-state index in [0.717, 1.165) is 51.4 Å². The number of hydrogen-bond acceptors (Lipinski definition) is 5. The number of ether oxygens (including phenoxy) is 1. The summed E-state index contributed by atoms with van der Waals surface area (Å²) in [7, 11) is 0. The van der Waals surface area contributed by atoms with E-state index in [4.69, 9.17) is 4.74 Å². The number of carbonyl (C=O) groups excluding carboxylic acids is 2. The van der Waals surface area contributed by atoms with Crippen LogP contribution in [0.5, 0.6) is 0 Å². The molecule has 0 aromatic carbocycles. The molecule has 2 unspecified atom stereocenters. The largest absolute Gasteiger partial charge is 0.466 e. The first kappa shape index (κ1) is 84.1. The predicted molar refractivity (Wildman–Crippen MR) is 379 cm³/mol. The molecule has 1 amide bonds. The van der Waals surface area contributed by atoms with Crippen molar-refractivity contribution < 1.29 is 24.5 Å². The maximum Gasteiger partial charge on any atom is 0.305 e. The molecule has 86 heavy (non-hydrogen) atoms. The molecule has 0 aromatic rings. The lowest BCUT2D eigenvalue weighted by Crippen LogP contribution is -2.45. The fraction of sp³-hybridized carbons (Fsp3) is 0.900. The third-order valence-corrected chi connectivity index (χ3v) is 18.4. The van der Waals surface area contributed by atoms with Crippen LogP contribution in [0.2, 0.25) is 0 Å². The van der Waals surface area contributed by atoms with Gasteiger partial charge >= 0.3 is 5.97 Å². The number of amides is 1. The van der Waals surface area contributed by atoms with Crippen LogP contribution in [0.4, 0.5) is 0 Å². The molecule has 0 spiro atoms. The molecule has 6 heteroatoms. The molecule has 0 fully saturated rings. The molecule has 0 rings (SSSR count). The van der Waals surface area contributed by atoms with Gasteiger partial charge in [-0.3, -0.25) is 9.59 Å². The van der Waals surface area contributed by atoms with Crippen molar-refractivity contribution in [3.8, 4) is 0 Å². The number of aliphatic hydroxyl groups is 2. The smallest absolute Gasteiger partial charge is 0.305 e. The molecule has 6 nitrogen and oxygen atoms in total. The Labute approximate surface area is 538 Å². The monoisotopic (exact) mass is 1210 g/mol. The second-order valence-electron chi connectivity index (χ2n) is 27.0. The summed E-state index contributed by atoms with van der Waals surface area (Å²) >= 11 is 0. The van der Waals surface area contributed by atoms with Gasteiger partial charge in [0, 0.05) is 12.8 Å². The molecule has 0 aliphatic carbocycles. The summed E-state index contributed by atoms with van der Waals surface area (Å²) < 4.78 is 5.51. The van der Waals surface area contributed by atoms with Crippen molar-refractivity contribution in [3.05, 3.63) is 36.5 Å². The van der Waals surface area contributed by atoms with E-state index in [0.29, 0.717) is 25.9 Å². The molecule has 508 valence electrons. The van der Waals surface area contributed by atoms with Crippen LogP contribution < -0.4 is 5.32 Å². The fourth-order valence-electron chi connectivity index (χ4n) is 12.4. The van der Waals surface area contributed by atoms with E-state index >= 15 is 0 Å². The summed E-state index contributed by atoms with van der Waals surface area (Å²) in [6.45, 7) is 4.98. The molecule has 0 bridgehead atoms. The molecule has 0 aromatic heterocycles. The van der Waals surface area contributed by atoms with Gasteiger partial charge < -0.3 is 20.3 Å². The molecule has 3 N–H and O–H groups in total. The third-order valence-electron chi connectivity index (χ3n) is 18.4. The summed E-state index contributed by atoms with van der Waals surface area (Å²) in [5.41, 5.74) is 0. The van der Waals surface area contributed by atoms with Gasteiger partial charge in [-0.05, 0) is 83.5 Å². The summed E-state index contributed by atoms with van der Waals surface area (Å²) in [5.74, 6) is -0.0164. The van der Waals surface area contributed by atoms with Gasteiger partial charge in [-0.25, -0.2) is 0 Å². The minimum atomic E-state index is -0.663. The number of carbonyl (C=O) groups is 2. The number of esters is 1. The molecule has 0 aliphatic heterocycles. The van der Waals surface area contributed by atoms with Crippen molar-refractivity contribution in [2.75, 3.05) is 13.2 Å². The highest BCUT2D eigenvalue weighted by molar-refractivity contribution is 5.76. The second kappa shape index (κ2) is 75.5. The molecule has 2 atom stereocenters. The summed E-state index contributed by atoms with van der Waals surface area (Å²) in [6.07, 6.45) is 98.0. The first-order valence-corrected chi connectivity index (χ1v) is 39.2. The molecule has 0 radical (unpaired) electrons. The SMILES string of the molecule is CCCCCC/C=C\C/C=C\CCCCCCCCCC(=O)OCCCCCCCCCCCCCC/C=C\CCCCCCCCCCCCCCCCCCC(=O)NC(CO)C(O)CCCCCCCCCCCCCCCCCCCCC. The van der Waals surface area contributed by atoms with Gasteiger partial charge in [0.25, 0.3) is 0 Å². The lowest BCUT2D eigenvalue weighted by atomic mass is 10.0. The number of rotatable bonds is 74. The molecular weight excluding hydrogens is 1050 g/mol. The maximum atomic E-state index is 12.6. The van der Waals surface area contributed by atoms with Crippen molar-refractivity contribution in [1.82, 2.24) is 5.32 Å². The standard InChI is InChI=1S/C80H153NO5/c1-3-5-7-9-11-13-15-17-19-21-37-40-44-48-52-56-60-64-68-72-78(83)77(76-82)81-79(84)73-69-65-61-57-53-49-45-41-38-35-33-31-29-27-25-23-24-26-28-30-32-34-36-39-43-47-51-55-59-63-67-71-75-86-80(85)74-70-66-62-58-54-50-46-42-22-20-18-16-14-12-10-8-6-4-2/h14,16,20,22,26,28,77-78,82-83H,3-13,15,17-19,21,23-25,27,29-76H2,1-2H3,(H,81,84)/b16-14-,22-20-,28-26-. The van der Waals surface area contributed by atoms with Crippen LogP contribution in [0.3, 0.4) is 0 Å². The van der Waals surface area contributed by atoms with Crippen LogP contribution in [0.1, 0.15) is 438 Å². The average molecular weight is 1210 g/mol. The summed E-state index contributed by atoms with van der Waals surface area (Å²) in [4.78, 5) is 24.7. The van der Waals surface area contributed by atoms with Crippen LogP contribution in [0.25, 0.3) is 0 Å². The number of unbranched alkanes of at least 4 members (excludes halogenated alkanes) is 57. The molecule has 0 heterocycles. The Kier molecular flexibility index (Phi) is 73.9. The first-order valence-electron chi connectivity index (χ1n) is 39.2. The Balaban J connectivity index is 3.35. The van der Waals surface area contributed by atoms with Gasteiger partial charge in [-0.1, -0.05) is 378 Å². The maximum absolute atomic E-state index is 12.6. The van der Waals surface area contributed by atoms with Crippen molar-refractivity contribution in [1.29, 1.82) is 0 Å². The van der Waals surface area contributed by atoms with Crippen molar-refractivity contribution >= 4 is 11.9 Å². The third kappa shape index (κ3) is 71.2. The topological polar surface area (TPSA) is 95.9 Å². The van der Waals surface area contributed by atoms with Crippen molar-refractivity contribution in [3.63, 3.8) is 0 Å². The van der Waals surface area contributed by atoms with E-state index in [2.05, 4.69) is 55.6 Å². The minimum Gasteiger partial charge on any atom is -0.466 e. The van der Waals surface area contributed by atoms with Gasteiger partial charge in [0.05, 0.1) is 25.4 Å². The van der Waals surface area contributed by atoms with Crippen LogP contribution in [0, 0.1) is 0 Å². The summed E-state index contributed by atoms with van der Waals surface area (Å²) in [5, 5.41) is 23.4. The van der Waals surface area contributed by atoms with Crippen LogP contribution >= 0.6 is 0 Å². The molecule has 0 saturated carbocycles. The highest BCUT2D eigenvalue weighted by Gasteiger charge is 2.20. The Morgan fingerprint density at radius 2 is 0.581 bits per heavy atom.